The van der Waals surface area contributed by atoms with Crippen LogP contribution in [0.25, 0.3) is 0 Å². The van der Waals surface area contributed by atoms with Crippen molar-refractivity contribution in [3.63, 3.8) is 0 Å². The van der Waals surface area contributed by atoms with Crippen LogP contribution in [0.3, 0.4) is 0 Å². The molecule has 98 valence electrons. The van der Waals surface area contributed by atoms with E-state index in [4.69, 9.17) is 5.73 Å². The zero-order valence-corrected chi connectivity index (χ0v) is 11.9. The van der Waals surface area contributed by atoms with Gasteiger partial charge in [0.1, 0.15) is 0 Å². The Hall–Kier alpha value is -1.15. The lowest BCUT2D eigenvalue weighted by molar-refractivity contribution is -0.118. The van der Waals surface area contributed by atoms with E-state index in [0.717, 1.165) is 5.56 Å². The van der Waals surface area contributed by atoms with Crippen molar-refractivity contribution in [1.29, 1.82) is 0 Å². The van der Waals surface area contributed by atoms with Gasteiger partial charge in [0.2, 0.25) is 0 Å². The minimum absolute atomic E-state index is 0.00352. The number of carbonyl (C=O) groups excluding carboxylic acids is 1. The highest BCUT2D eigenvalue weighted by atomic mass is 16.1. The van der Waals surface area contributed by atoms with Crippen molar-refractivity contribution in [2.75, 3.05) is 0 Å². The van der Waals surface area contributed by atoms with Crippen molar-refractivity contribution in [3.05, 3.63) is 35.9 Å². The Balaban J connectivity index is 0. The van der Waals surface area contributed by atoms with Gasteiger partial charge in [0.25, 0.3) is 0 Å². The molecule has 1 aromatic carbocycles. The lowest BCUT2D eigenvalue weighted by Gasteiger charge is -2.06. The van der Waals surface area contributed by atoms with Crippen molar-refractivity contribution in [2.24, 2.45) is 5.73 Å². The third-order valence-corrected chi connectivity index (χ3v) is 1.60. The van der Waals surface area contributed by atoms with E-state index in [1.165, 1.54) is 19.8 Å². The molecular formula is C15H27NO. The Morgan fingerprint density at radius 3 is 1.71 bits per heavy atom. The fourth-order valence-corrected chi connectivity index (χ4v) is 0.895. The third-order valence-electron chi connectivity index (χ3n) is 1.60. The summed E-state index contributed by atoms with van der Waals surface area (Å²) in [7, 11) is 0. The van der Waals surface area contributed by atoms with E-state index in [9.17, 15) is 4.79 Å². The summed E-state index contributed by atoms with van der Waals surface area (Å²) in [5.41, 5.74) is 6.46. The summed E-state index contributed by atoms with van der Waals surface area (Å²) >= 11 is 0. The second-order valence-corrected chi connectivity index (χ2v) is 3.91. The average molecular weight is 237 g/mol. The van der Waals surface area contributed by atoms with Crippen LogP contribution < -0.4 is 5.73 Å². The van der Waals surface area contributed by atoms with Gasteiger partial charge in [0, 0.05) is 0 Å². The molecule has 0 aliphatic heterocycles. The van der Waals surface area contributed by atoms with Gasteiger partial charge in [-0.15, -0.1) is 0 Å². The Morgan fingerprint density at radius 2 is 1.41 bits per heavy atom. The SMILES string of the molecule is CC(=O)C(N)c1ccccc1.CCC.CCC. The van der Waals surface area contributed by atoms with Gasteiger partial charge in [-0.3, -0.25) is 4.79 Å². The largest absolute Gasteiger partial charge is 0.318 e. The zero-order chi connectivity index (χ0) is 13.7. The second-order valence-electron chi connectivity index (χ2n) is 3.91. The van der Waals surface area contributed by atoms with Crippen LogP contribution >= 0.6 is 0 Å². The summed E-state index contributed by atoms with van der Waals surface area (Å²) in [6.07, 6.45) is 2.50. The van der Waals surface area contributed by atoms with Gasteiger partial charge in [-0.1, -0.05) is 70.9 Å². The second kappa shape index (κ2) is 12.9. The van der Waals surface area contributed by atoms with E-state index in [2.05, 4.69) is 27.7 Å². The molecule has 1 rings (SSSR count). The lowest BCUT2D eigenvalue weighted by atomic mass is 10.1. The number of carbonyl (C=O) groups is 1. The smallest absolute Gasteiger partial charge is 0.150 e. The Kier molecular flexibility index (Phi) is 13.8. The number of nitrogens with two attached hydrogens (primary N) is 1. The van der Waals surface area contributed by atoms with Crippen molar-refractivity contribution in [1.82, 2.24) is 0 Å². The molecule has 1 unspecified atom stereocenters. The molecule has 17 heavy (non-hydrogen) atoms. The summed E-state index contributed by atoms with van der Waals surface area (Å²) in [4.78, 5) is 10.8. The van der Waals surface area contributed by atoms with Crippen LogP contribution in [-0.2, 0) is 4.79 Å². The standard InChI is InChI=1S/C9H11NO.2C3H8/c1-7(11)9(10)8-5-3-2-4-6-8;2*1-3-2/h2-6,9H,10H2,1H3;2*3H2,1-2H3. The summed E-state index contributed by atoms with van der Waals surface area (Å²) in [5.74, 6) is -0.00352. The van der Waals surface area contributed by atoms with Gasteiger partial charge >= 0.3 is 0 Å². The molecule has 0 aliphatic rings. The Bertz CT molecular complexity index is 268. The van der Waals surface area contributed by atoms with E-state index in [1.54, 1.807) is 0 Å². The van der Waals surface area contributed by atoms with E-state index < -0.39 is 6.04 Å². The third kappa shape index (κ3) is 11.1. The quantitative estimate of drug-likeness (QED) is 0.841. The summed E-state index contributed by atoms with van der Waals surface area (Å²) in [6, 6.07) is 8.89. The molecule has 0 amide bonds. The molecule has 0 aliphatic carbocycles. The Labute approximate surface area is 106 Å². The van der Waals surface area contributed by atoms with Gasteiger partial charge < -0.3 is 5.73 Å². The number of hydrogen-bond donors (Lipinski definition) is 1. The maximum absolute atomic E-state index is 10.8. The van der Waals surface area contributed by atoms with E-state index >= 15 is 0 Å². The fraction of sp³-hybridized carbons (Fsp3) is 0.533. The first-order valence-electron chi connectivity index (χ1n) is 6.35. The zero-order valence-electron chi connectivity index (χ0n) is 11.9. The summed E-state index contributed by atoms with van der Waals surface area (Å²) in [5, 5.41) is 0. The first-order chi connectivity index (χ1) is 8.04. The van der Waals surface area contributed by atoms with Crippen LogP contribution in [0.15, 0.2) is 30.3 Å². The normalized spacial score (nSPS) is 10.2. The highest BCUT2D eigenvalue weighted by molar-refractivity contribution is 5.82. The van der Waals surface area contributed by atoms with Gasteiger partial charge in [-0.05, 0) is 12.5 Å². The van der Waals surface area contributed by atoms with Gasteiger partial charge in [-0.25, -0.2) is 0 Å². The maximum atomic E-state index is 10.8. The van der Waals surface area contributed by atoms with Gasteiger partial charge in [0.15, 0.2) is 5.78 Å². The topological polar surface area (TPSA) is 43.1 Å². The monoisotopic (exact) mass is 237 g/mol. The highest BCUT2D eigenvalue weighted by Crippen LogP contribution is 2.09. The van der Waals surface area contributed by atoms with Crippen molar-refractivity contribution < 1.29 is 4.79 Å². The summed E-state index contributed by atoms with van der Waals surface area (Å²) in [6.45, 7) is 10.00. The van der Waals surface area contributed by atoms with E-state index in [-0.39, 0.29) is 5.78 Å². The molecule has 1 atom stereocenters. The minimum Gasteiger partial charge on any atom is -0.318 e. The highest BCUT2D eigenvalue weighted by Gasteiger charge is 2.08. The molecule has 0 radical (unpaired) electrons. The number of hydrogen-bond acceptors (Lipinski definition) is 2. The predicted octanol–water partition coefficient (Wildman–Crippen LogP) is 4.11. The van der Waals surface area contributed by atoms with Crippen molar-refractivity contribution in [2.45, 2.75) is 53.5 Å². The van der Waals surface area contributed by atoms with Crippen LogP contribution in [0, 0.1) is 0 Å². The number of ketones is 1. The summed E-state index contributed by atoms with van der Waals surface area (Å²) < 4.78 is 0. The number of Topliss-reactive ketones (excluding diaryl/α,β-unsaturated/α-hetero) is 1. The van der Waals surface area contributed by atoms with Crippen molar-refractivity contribution in [3.8, 4) is 0 Å². The van der Waals surface area contributed by atoms with Crippen LogP contribution in [0.1, 0.15) is 59.1 Å². The van der Waals surface area contributed by atoms with Crippen molar-refractivity contribution >= 4 is 5.78 Å². The van der Waals surface area contributed by atoms with Crippen LogP contribution in [0.5, 0.6) is 0 Å². The molecule has 2 nitrogen and oxygen atoms in total. The number of rotatable bonds is 2. The predicted molar refractivity (Wildman–Crippen MR) is 76.0 cm³/mol. The average Bonchev–Trinajstić information content (AvgIpc) is 2.31. The molecule has 2 heteroatoms. The Morgan fingerprint density at radius 1 is 1.06 bits per heavy atom. The molecule has 0 bridgehead atoms. The molecule has 1 aromatic rings. The first-order valence-corrected chi connectivity index (χ1v) is 6.35. The van der Waals surface area contributed by atoms with Crippen LogP contribution in [-0.4, -0.2) is 5.78 Å². The van der Waals surface area contributed by atoms with Crippen LogP contribution in [0.2, 0.25) is 0 Å². The minimum atomic E-state index is -0.462. The van der Waals surface area contributed by atoms with Crippen LogP contribution in [0.4, 0.5) is 0 Å². The molecule has 0 saturated heterocycles. The first kappa shape index (κ1) is 18.2. The van der Waals surface area contributed by atoms with E-state index in [0.29, 0.717) is 0 Å². The van der Waals surface area contributed by atoms with E-state index in [1.807, 2.05) is 30.3 Å². The maximum Gasteiger partial charge on any atom is 0.150 e. The number of benzene rings is 1. The molecular weight excluding hydrogens is 210 g/mol. The van der Waals surface area contributed by atoms with Gasteiger partial charge in [0.05, 0.1) is 6.04 Å². The molecule has 0 fully saturated rings. The molecule has 0 saturated carbocycles. The fourth-order valence-electron chi connectivity index (χ4n) is 0.895. The van der Waals surface area contributed by atoms with Gasteiger partial charge in [-0.2, -0.15) is 0 Å². The lowest BCUT2D eigenvalue weighted by Crippen LogP contribution is -2.18. The molecule has 2 N–H and O–H groups in total. The molecule has 0 aromatic heterocycles. The molecule has 0 heterocycles. The molecule has 0 spiro atoms.